The first-order valence-electron chi connectivity index (χ1n) is 7.53. The van der Waals surface area contributed by atoms with E-state index < -0.39 is 23.2 Å². The lowest BCUT2D eigenvalue weighted by atomic mass is 9.97. The molecule has 1 aliphatic carbocycles. The third kappa shape index (κ3) is 3.64. The maximum atomic E-state index is 13.5. The van der Waals surface area contributed by atoms with Crippen molar-refractivity contribution in [3.63, 3.8) is 0 Å². The summed E-state index contributed by atoms with van der Waals surface area (Å²) in [5.74, 6) is -2.37. The normalized spacial score (nSPS) is 13.4. The first-order valence-corrected chi connectivity index (χ1v) is 8.52. The van der Waals surface area contributed by atoms with Crippen LogP contribution in [0.4, 0.5) is 14.5 Å². The number of anilines is 1. The number of benzene rings is 1. The number of fused-ring (bicyclic) bond motifs is 1. The SMILES string of the molecule is O=C(CSc1nc2c(c(=O)[nH]1)CCCC2)Nc1c(F)cccc1F. The third-order valence-electron chi connectivity index (χ3n) is 3.74. The highest BCUT2D eigenvalue weighted by molar-refractivity contribution is 7.99. The quantitative estimate of drug-likeness (QED) is 0.656. The van der Waals surface area contributed by atoms with Crippen LogP contribution >= 0.6 is 11.8 Å². The second-order valence-electron chi connectivity index (χ2n) is 5.44. The Morgan fingerprint density at radius 3 is 2.71 bits per heavy atom. The number of carbonyl (C=O) groups is 1. The average molecular weight is 351 g/mol. The maximum Gasteiger partial charge on any atom is 0.254 e. The summed E-state index contributed by atoms with van der Waals surface area (Å²) in [5.41, 5.74) is 0.828. The van der Waals surface area contributed by atoms with Gasteiger partial charge in [0.25, 0.3) is 5.56 Å². The molecule has 0 saturated heterocycles. The van der Waals surface area contributed by atoms with Crippen LogP contribution in [-0.2, 0) is 17.6 Å². The van der Waals surface area contributed by atoms with E-state index in [1.54, 1.807) is 0 Å². The second-order valence-corrected chi connectivity index (χ2v) is 6.40. The Balaban J connectivity index is 1.66. The summed E-state index contributed by atoms with van der Waals surface area (Å²) >= 11 is 1.02. The molecule has 1 aromatic heterocycles. The highest BCUT2D eigenvalue weighted by Gasteiger charge is 2.17. The van der Waals surface area contributed by atoms with Crippen LogP contribution in [0, 0.1) is 11.6 Å². The number of rotatable bonds is 4. The molecular weight excluding hydrogens is 336 g/mol. The van der Waals surface area contributed by atoms with Crippen molar-refractivity contribution in [3.05, 3.63) is 51.4 Å². The summed E-state index contributed by atoms with van der Waals surface area (Å²) in [5, 5.41) is 2.53. The molecule has 1 amide bonds. The Morgan fingerprint density at radius 1 is 1.25 bits per heavy atom. The minimum absolute atomic E-state index is 0.116. The number of nitrogens with zero attached hydrogens (tertiary/aromatic N) is 1. The van der Waals surface area contributed by atoms with Gasteiger partial charge in [0.2, 0.25) is 5.91 Å². The molecule has 1 heterocycles. The van der Waals surface area contributed by atoms with Gasteiger partial charge >= 0.3 is 0 Å². The average Bonchev–Trinajstić information content (AvgIpc) is 2.56. The molecule has 1 aromatic carbocycles. The van der Waals surface area contributed by atoms with Crippen molar-refractivity contribution < 1.29 is 13.6 Å². The van der Waals surface area contributed by atoms with Crippen molar-refractivity contribution in [1.82, 2.24) is 9.97 Å². The summed E-state index contributed by atoms with van der Waals surface area (Å²) in [6.07, 6.45) is 3.43. The smallest absolute Gasteiger partial charge is 0.254 e. The number of hydrogen-bond acceptors (Lipinski definition) is 4. The Kier molecular flexibility index (Phi) is 4.94. The predicted octanol–water partition coefficient (Wildman–Crippen LogP) is 2.66. The Hall–Kier alpha value is -2.22. The number of halogens is 2. The molecule has 0 radical (unpaired) electrons. The zero-order chi connectivity index (χ0) is 17.1. The topological polar surface area (TPSA) is 74.8 Å². The van der Waals surface area contributed by atoms with Crippen LogP contribution in [-0.4, -0.2) is 21.6 Å². The Morgan fingerprint density at radius 2 is 1.96 bits per heavy atom. The summed E-state index contributed by atoms with van der Waals surface area (Å²) in [6, 6.07) is 3.35. The lowest BCUT2D eigenvalue weighted by Gasteiger charge is -2.14. The number of aromatic amines is 1. The molecule has 0 atom stereocenters. The van der Waals surface area contributed by atoms with Gasteiger partial charge in [-0.2, -0.15) is 0 Å². The highest BCUT2D eigenvalue weighted by Crippen LogP contribution is 2.21. The molecule has 24 heavy (non-hydrogen) atoms. The monoisotopic (exact) mass is 351 g/mol. The fourth-order valence-electron chi connectivity index (χ4n) is 2.58. The van der Waals surface area contributed by atoms with Gasteiger partial charge in [0.05, 0.1) is 11.4 Å². The molecule has 0 fully saturated rings. The molecule has 126 valence electrons. The molecule has 2 aromatic rings. The number of H-pyrrole nitrogens is 1. The number of para-hydroxylation sites is 1. The molecule has 0 bridgehead atoms. The van der Waals surface area contributed by atoms with Crippen LogP contribution in [0.5, 0.6) is 0 Å². The van der Waals surface area contributed by atoms with E-state index in [9.17, 15) is 18.4 Å². The largest absolute Gasteiger partial charge is 0.320 e. The van der Waals surface area contributed by atoms with Gasteiger partial charge in [0, 0.05) is 5.56 Å². The minimum Gasteiger partial charge on any atom is -0.320 e. The van der Waals surface area contributed by atoms with Crippen LogP contribution in [0.15, 0.2) is 28.2 Å². The van der Waals surface area contributed by atoms with Crippen LogP contribution in [0.3, 0.4) is 0 Å². The predicted molar refractivity (Wildman–Crippen MR) is 87.2 cm³/mol. The lowest BCUT2D eigenvalue weighted by molar-refractivity contribution is -0.113. The van der Waals surface area contributed by atoms with Crippen molar-refractivity contribution in [2.45, 2.75) is 30.8 Å². The molecule has 5 nitrogen and oxygen atoms in total. The van der Waals surface area contributed by atoms with Crippen molar-refractivity contribution in [2.24, 2.45) is 0 Å². The molecule has 2 N–H and O–H groups in total. The summed E-state index contributed by atoms with van der Waals surface area (Å²) < 4.78 is 27.0. The number of nitrogens with one attached hydrogen (secondary N) is 2. The summed E-state index contributed by atoms with van der Waals surface area (Å²) in [7, 11) is 0. The number of amides is 1. The molecule has 0 unspecified atom stereocenters. The van der Waals surface area contributed by atoms with Gasteiger partial charge in [-0.1, -0.05) is 17.8 Å². The third-order valence-corrected chi connectivity index (χ3v) is 4.61. The van der Waals surface area contributed by atoms with Crippen molar-refractivity contribution in [3.8, 4) is 0 Å². The van der Waals surface area contributed by atoms with Crippen molar-refractivity contribution >= 4 is 23.4 Å². The standard InChI is InChI=1S/C16H15F2N3O2S/c17-10-5-3-6-11(18)14(10)20-13(22)8-24-16-19-12-7-2-1-4-9(12)15(23)21-16/h3,5-6H,1-2,4,7-8H2,(H,20,22)(H,19,21,23). The van der Waals surface area contributed by atoms with Crippen LogP contribution < -0.4 is 10.9 Å². The summed E-state index contributed by atoms with van der Waals surface area (Å²) in [4.78, 5) is 30.9. The molecular formula is C16H15F2N3O2S. The van der Waals surface area contributed by atoms with Gasteiger partial charge in [-0.25, -0.2) is 13.8 Å². The van der Waals surface area contributed by atoms with Gasteiger partial charge in [-0.15, -0.1) is 0 Å². The zero-order valence-electron chi connectivity index (χ0n) is 12.7. The Labute approximate surface area is 140 Å². The molecule has 3 rings (SSSR count). The van der Waals surface area contributed by atoms with E-state index in [1.165, 1.54) is 6.07 Å². The first kappa shape index (κ1) is 16.6. The van der Waals surface area contributed by atoms with E-state index in [2.05, 4.69) is 15.3 Å². The van der Waals surface area contributed by atoms with Crippen molar-refractivity contribution in [1.29, 1.82) is 0 Å². The first-order chi connectivity index (χ1) is 11.5. The summed E-state index contributed by atoms with van der Waals surface area (Å²) in [6.45, 7) is 0. The van der Waals surface area contributed by atoms with Gasteiger partial charge in [0.1, 0.15) is 17.3 Å². The molecule has 0 aliphatic heterocycles. The van der Waals surface area contributed by atoms with E-state index in [0.717, 1.165) is 55.3 Å². The van der Waals surface area contributed by atoms with Crippen molar-refractivity contribution in [2.75, 3.05) is 11.1 Å². The van der Waals surface area contributed by atoms with E-state index in [4.69, 9.17) is 0 Å². The molecule has 0 spiro atoms. The fraction of sp³-hybridized carbons (Fsp3) is 0.312. The van der Waals surface area contributed by atoms with Crippen LogP contribution in [0.25, 0.3) is 0 Å². The molecule has 8 heteroatoms. The fourth-order valence-corrected chi connectivity index (χ4v) is 3.26. The number of carbonyl (C=O) groups excluding carboxylic acids is 1. The van der Waals surface area contributed by atoms with E-state index in [1.807, 2.05) is 0 Å². The van der Waals surface area contributed by atoms with Gasteiger partial charge in [0.15, 0.2) is 5.16 Å². The number of aryl methyl sites for hydroxylation is 1. The Bertz CT molecular complexity index is 818. The van der Waals surface area contributed by atoms with E-state index in [-0.39, 0.29) is 11.3 Å². The van der Waals surface area contributed by atoms with E-state index in [0.29, 0.717) is 10.7 Å². The maximum absolute atomic E-state index is 13.5. The number of thioether (sulfide) groups is 1. The second kappa shape index (κ2) is 7.12. The van der Waals surface area contributed by atoms with E-state index >= 15 is 0 Å². The number of aromatic nitrogens is 2. The minimum atomic E-state index is -0.839. The van der Waals surface area contributed by atoms with Crippen LogP contribution in [0.2, 0.25) is 0 Å². The van der Waals surface area contributed by atoms with Gasteiger partial charge in [-0.3, -0.25) is 9.59 Å². The van der Waals surface area contributed by atoms with Crippen LogP contribution in [0.1, 0.15) is 24.1 Å². The lowest BCUT2D eigenvalue weighted by Crippen LogP contribution is -2.22. The zero-order valence-corrected chi connectivity index (χ0v) is 13.5. The van der Waals surface area contributed by atoms with Gasteiger partial charge in [-0.05, 0) is 37.8 Å². The van der Waals surface area contributed by atoms with Gasteiger partial charge < -0.3 is 10.3 Å². The number of hydrogen-bond donors (Lipinski definition) is 2. The molecule has 0 saturated carbocycles. The highest BCUT2D eigenvalue weighted by atomic mass is 32.2. The molecule has 1 aliphatic rings.